The third kappa shape index (κ3) is 5.87. The van der Waals surface area contributed by atoms with Gasteiger partial charge in [0.25, 0.3) is 0 Å². The molecular weight excluding hydrogens is 490 g/mol. The van der Waals surface area contributed by atoms with Gasteiger partial charge < -0.3 is 24.8 Å². The summed E-state index contributed by atoms with van der Waals surface area (Å²) in [5, 5.41) is 0. The first-order valence-electron chi connectivity index (χ1n) is 12.1. The molecule has 0 aliphatic carbocycles. The quantitative estimate of drug-likeness (QED) is 0.512. The van der Waals surface area contributed by atoms with Crippen LogP contribution in [0.2, 0.25) is 0 Å². The second-order valence-corrected chi connectivity index (χ2v) is 9.61. The van der Waals surface area contributed by atoms with E-state index >= 15 is 0 Å². The molecule has 196 valence electrons. The Labute approximate surface area is 211 Å². The second kappa shape index (κ2) is 10.0. The topological polar surface area (TPSA) is 76.6 Å². The molecule has 11 heteroatoms. The highest BCUT2D eigenvalue weighted by Crippen LogP contribution is 2.37. The number of urea groups is 1. The van der Waals surface area contributed by atoms with E-state index < -0.39 is 6.36 Å². The van der Waals surface area contributed by atoms with E-state index in [2.05, 4.69) is 9.72 Å². The molecule has 1 aromatic heterocycles. The van der Waals surface area contributed by atoms with Crippen molar-refractivity contribution in [1.82, 2.24) is 19.4 Å². The van der Waals surface area contributed by atoms with E-state index in [9.17, 15) is 22.4 Å². The number of rotatable bonds is 4. The van der Waals surface area contributed by atoms with E-state index in [0.717, 1.165) is 17.7 Å². The summed E-state index contributed by atoms with van der Waals surface area (Å²) in [7, 11) is 0. The van der Waals surface area contributed by atoms with Gasteiger partial charge in [-0.1, -0.05) is 18.2 Å². The van der Waals surface area contributed by atoms with E-state index in [4.69, 9.17) is 5.73 Å². The van der Waals surface area contributed by atoms with Crippen molar-refractivity contribution in [2.45, 2.75) is 37.1 Å². The van der Waals surface area contributed by atoms with Crippen LogP contribution >= 0.6 is 0 Å². The number of carbonyl (C=O) groups excluding carboxylic acids is 1. The van der Waals surface area contributed by atoms with E-state index in [1.807, 2.05) is 6.20 Å². The van der Waals surface area contributed by atoms with Crippen LogP contribution in [-0.2, 0) is 0 Å². The lowest BCUT2D eigenvalue weighted by Gasteiger charge is -2.39. The zero-order chi connectivity index (χ0) is 26.2. The lowest BCUT2D eigenvalue weighted by Crippen LogP contribution is -2.48. The number of hydrogen-bond donors (Lipinski definition) is 1. The number of ether oxygens (including phenoxy) is 1. The Morgan fingerprint density at radius 1 is 1.03 bits per heavy atom. The molecule has 2 saturated heterocycles. The number of likely N-dealkylation sites (tertiary alicyclic amines) is 2. The number of carbonyl (C=O) groups is 1. The number of nitrogens with two attached hydrogens (primary N) is 1. The maximum absolute atomic E-state index is 13.7. The molecule has 2 N–H and O–H groups in total. The van der Waals surface area contributed by atoms with Gasteiger partial charge in [-0.25, -0.2) is 14.2 Å². The minimum Gasteiger partial charge on any atom is -0.406 e. The molecule has 0 bridgehead atoms. The van der Waals surface area contributed by atoms with E-state index in [-0.39, 0.29) is 35.5 Å². The molecule has 0 saturated carbocycles. The standard InChI is InChI=1S/C26H27F4N5O2/c27-20-2-1-3-22(11-20)35-15-24(32-16-35)19-10-18(17-4-6-23(7-5-17)37-26(28,29)30)12-34(13-19)25(36)33-9-8-21(31)14-33/h1-7,11,15-16,18-19,21H,8-10,12-14,31H2. The van der Waals surface area contributed by atoms with E-state index in [1.54, 1.807) is 45.0 Å². The van der Waals surface area contributed by atoms with Gasteiger partial charge in [0, 0.05) is 55.9 Å². The minimum absolute atomic E-state index is 0.0523. The van der Waals surface area contributed by atoms with E-state index in [1.165, 1.54) is 24.3 Å². The first-order chi connectivity index (χ1) is 17.6. The lowest BCUT2D eigenvalue weighted by molar-refractivity contribution is -0.274. The Kier molecular flexibility index (Phi) is 6.80. The van der Waals surface area contributed by atoms with Crippen molar-refractivity contribution in [2.24, 2.45) is 5.73 Å². The van der Waals surface area contributed by atoms with Gasteiger partial charge in [-0.05, 0) is 48.7 Å². The maximum atomic E-state index is 13.7. The Bertz CT molecular complexity index is 1250. The fourth-order valence-electron chi connectivity index (χ4n) is 5.14. The van der Waals surface area contributed by atoms with Crippen LogP contribution in [0.4, 0.5) is 22.4 Å². The molecular formula is C26H27F4N5O2. The molecule has 2 fully saturated rings. The van der Waals surface area contributed by atoms with Gasteiger partial charge >= 0.3 is 12.4 Å². The number of amides is 2. The van der Waals surface area contributed by atoms with Crippen LogP contribution < -0.4 is 10.5 Å². The van der Waals surface area contributed by atoms with Crippen LogP contribution in [0.5, 0.6) is 5.75 Å². The predicted octanol–water partition coefficient (Wildman–Crippen LogP) is 4.64. The minimum atomic E-state index is -4.77. The number of aromatic nitrogens is 2. The molecule has 0 radical (unpaired) electrons. The number of benzene rings is 2. The van der Waals surface area contributed by atoms with Gasteiger partial charge in [0.15, 0.2) is 0 Å². The molecule has 2 aliphatic rings. The third-order valence-corrected chi connectivity index (χ3v) is 6.93. The van der Waals surface area contributed by atoms with E-state index in [0.29, 0.717) is 38.3 Å². The van der Waals surface area contributed by atoms with Crippen molar-refractivity contribution < 1.29 is 27.1 Å². The average Bonchev–Trinajstić information content (AvgIpc) is 3.52. The normalized spacial score (nSPS) is 22.4. The Morgan fingerprint density at radius 3 is 2.46 bits per heavy atom. The number of imidazole rings is 1. The monoisotopic (exact) mass is 517 g/mol. The van der Waals surface area contributed by atoms with Crippen molar-refractivity contribution in [3.8, 4) is 11.4 Å². The highest BCUT2D eigenvalue weighted by molar-refractivity contribution is 5.75. The summed E-state index contributed by atoms with van der Waals surface area (Å²) in [6, 6.07) is 11.8. The summed E-state index contributed by atoms with van der Waals surface area (Å²) in [4.78, 5) is 21.4. The van der Waals surface area contributed by atoms with Gasteiger partial charge in [0.1, 0.15) is 11.6 Å². The Hall–Kier alpha value is -3.60. The average molecular weight is 518 g/mol. The Morgan fingerprint density at radius 2 is 1.78 bits per heavy atom. The molecule has 3 atom stereocenters. The van der Waals surface area contributed by atoms with Gasteiger partial charge in [-0.2, -0.15) is 0 Å². The number of alkyl halides is 3. The van der Waals surface area contributed by atoms with Crippen LogP contribution in [0.1, 0.15) is 35.9 Å². The van der Waals surface area contributed by atoms with Crippen molar-refractivity contribution in [3.63, 3.8) is 0 Å². The van der Waals surface area contributed by atoms with Gasteiger partial charge in [0.05, 0.1) is 12.0 Å². The molecule has 0 spiro atoms. The summed E-state index contributed by atoms with van der Waals surface area (Å²) >= 11 is 0. The van der Waals surface area contributed by atoms with Crippen LogP contribution in [0.3, 0.4) is 0 Å². The Balaban J connectivity index is 1.40. The smallest absolute Gasteiger partial charge is 0.406 e. The highest BCUT2D eigenvalue weighted by Gasteiger charge is 2.36. The summed E-state index contributed by atoms with van der Waals surface area (Å²) in [6.07, 6.45) is 0.0605. The summed E-state index contributed by atoms with van der Waals surface area (Å²) < 4.78 is 57.2. The SMILES string of the molecule is NC1CCN(C(=O)N2CC(c3ccc(OC(F)(F)F)cc3)CC(c3cn(-c4cccc(F)c4)cn3)C2)C1. The molecule has 37 heavy (non-hydrogen) atoms. The number of nitrogens with zero attached hydrogens (tertiary/aromatic N) is 4. The summed E-state index contributed by atoms with van der Waals surface area (Å²) in [6.45, 7) is 1.94. The molecule has 5 rings (SSSR count). The van der Waals surface area contributed by atoms with Crippen LogP contribution in [0, 0.1) is 5.82 Å². The first kappa shape index (κ1) is 25.1. The highest BCUT2D eigenvalue weighted by atomic mass is 19.4. The third-order valence-electron chi connectivity index (χ3n) is 6.93. The van der Waals surface area contributed by atoms with Crippen LogP contribution in [-0.4, -0.2) is 64.0 Å². The van der Waals surface area contributed by atoms with Gasteiger partial charge in [-0.3, -0.25) is 0 Å². The van der Waals surface area contributed by atoms with Crippen LogP contribution in [0.15, 0.2) is 61.1 Å². The van der Waals surface area contributed by atoms with Gasteiger partial charge in [-0.15, -0.1) is 13.2 Å². The predicted molar refractivity (Wildman–Crippen MR) is 128 cm³/mol. The number of hydrogen-bond acceptors (Lipinski definition) is 4. The fraction of sp³-hybridized carbons (Fsp3) is 0.385. The molecule has 3 heterocycles. The van der Waals surface area contributed by atoms with Crippen molar-refractivity contribution in [3.05, 3.63) is 78.1 Å². The largest absolute Gasteiger partial charge is 0.573 e. The molecule has 3 unspecified atom stereocenters. The number of piperidine rings is 1. The first-order valence-corrected chi connectivity index (χ1v) is 12.1. The molecule has 3 aromatic rings. The van der Waals surface area contributed by atoms with Crippen molar-refractivity contribution in [1.29, 1.82) is 0 Å². The molecule has 2 aliphatic heterocycles. The zero-order valence-electron chi connectivity index (χ0n) is 19.9. The maximum Gasteiger partial charge on any atom is 0.573 e. The summed E-state index contributed by atoms with van der Waals surface area (Å²) in [5.74, 6) is -0.904. The zero-order valence-corrected chi connectivity index (χ0v) is 19.9. The van der Waals surface area contributed by atoms with Crippen LogP contribution in [0.25, 0.3) is 5.69 Å². The van der Waals surface area contributed by atoms with Gasteiger partial charge in [0.2, 0.25) is 0 Å². The molecule has 2 aromatic carbocycles. The van der Waals surface area contributed by atoms with Crippen molar-refractivity contribution >= 4 is 6.03 Å². The number of halogens is 4. The lowest BCUT2D eigenvalue weighted by atomic mass is 9.83. The molecule has 7 nitrogen and oxygen atoms in total. The summed E-state index contributed by atoms with van der Waals surface area (Å²) in [5.41, 5.74) is 8.20. The molecule has 2 amide bonds. The van der Waals surface area contributed by atoms with Crippen molar-refractivity contribution in [2.75, 3.05) is 26.2 Å². The fourth-order valence-corrected chi connectivity index (χ4v) is 5.14. The second-order valence-electron chi connectivity index (χ2n) is 9.61.